The first-order valence-electron chi connectivity index (χ1n) is 6.40. The lowest BCUT2D eigenvalue weighted by molar-refractivity contribution is 0.641. The van der Waals surface area contributed by atoms with Gasteiger partial charge in [0.25, 0.3) is 0 Å². The molecule has 21 heavy (non-hydrogen) atoms. The van der Waals surface area contributed by atoms with Gasteiger partial charge in [-0.1, -0.05) is 0 Å². The molecule has 0 aromatic rings. The van der Waals surface area contributed by atoms with Gasteiger partial charge in [-0.15, -0.1) is 5.10 Å². The molecule has 8 nitrogen and oxygen atoms in total. The standard InChI is InChI=1S/C13H22N8/c1-9(2)18-19-13-11(16-8-21(5)6)10(12(14)17-13)15-7-20(3)4/h7-8H,1-6H3,(H2,14,17,19). The van der Waals surface area contributed by atoms with Crippen LogP contribution in [-0.4, -0.2) is 68.1 Å². The van der Waals surface area contributed by atoms with Gasteiger partial charge in [-0.2, -0.15) is 5.10 Å². The van der Waals surface area contributed by atoms with Crippen LogP contribution in [0.5, 0.6) is 0 Å². The lowest BCUT2D eigenvalue weighted by atomic mass is 10.3. The van der Waals surface area contributed by atoms with Crippen LogP contribution in [0.2, 0.25) is 0 Å². The molecule has 2 N–H and O–H groups in total. The fourth-order valence-electron chi connectivity index (χ4n) is 1.26. The molecule has 0 radical (unpaired) electrons. The quantitative estimate of drug-likeness (QED) is 0.455. The van der Waals surface area contributed by atoms with Gasteiger partial charge in [0.2, 0.25) is 5.84 Å². The van der Waals surface area contributed by atoms with Crippen molar-refractivity contribution in [3.8, 4) is 0 Å². The predicted octanol–water partition coefficient (Wildman–Crippen LogP) is 0.543. The molecular weight excluding hydrogens is 268 g/mol. The molecule has 0 aromatic carbocycles. The molecule has 1 aliphatic rings. The van der Waals surface area contributed by atoms with Crippen LogP contribution in [0.25, 0.3) is 0 Å². The van der Waals surface area contributed by atoms with E-state index in [9.17, 15) is 0 Å². The lowest BCUT2D eigenvalue weighted by Crippen LogP contribution is -2.14. The Kier molecular flexibility index (Phi) is 5.77. The van der Waals surface area contributed by atoms with E-state index in [-0.39, 0.29) is 5.84 Å². The molecule has 0 saturated carbocycles. The zero-order chi connectivity index (χ0) is 16.0. The summed E-state index contributed by atoms with van der Waals surface area (Å²) >= 11 is 0. The van der Waals surface area contributed by atoms with Gasteiger partial charge in [0.05, 0.1) is 12.7 Å². The summed E-state index contributed by atoms with van der Waals surface area (Å²) in [6, 6.07) is 0. The van der Waals surface area contributed by atoms with Crippen molar-refractivity contribution in [2.45, 2.75) is 13.8 Å². The minimum atomic E-state index is 0.279. The van der Waals surface area contributed by atoms with Gasteiger partial charge in [-0.3, -0.25) is 0 Å². The van der Waals surface area contributed by atoms with Crippen molar-refractivity contribution in [2.24, 2.45) is 30.9 Å². The number of nitrogens with two attached hydrogens (primary N) is 1. The van der Waals surface area contributed by atoms with Crippen LogP contribution >= 0.6 is 0 Å². The van der Waals surface area contributed by atoms with E-state index in [1.165, 1.54) is 0 Å². The van der Waals surface area contributed by atoms with Crippen molar-refractivity contribution >= 4 is 30.1 Å². The fraction of sp³-hybridized carbons (Fsp3) is 0.462. The Balaban J connectivity index is 3.28. The summed E-state index contributed by atoms with van der Waals surface area (Å²) in [5.74, 6) is 0.638. The van der Waals surface area contributed by atoms with Crippen LogP contribution in [0, 0.1) is 0 Å². The predicted molar refractivity (Wildman–Crippen MR) is 89.2 cm³/mol. The molecule has 0 atom stereocenters. The van der Waals surface area contributed by atoms with Crippen LogP contribution in [-0.2, 0) is 0 Å². The first-order chi connectivity index (χ1) is 9.81. The van der Waals surface area contributed by atoms with Crippen molar-refractivity contribution in [1.29, 1.82) is 0 Å². The van der Waals surface area contributed by atoms with Gasteiger partial charge < -0.3 is 15.5 Å². The Bertz CT molecular complexity index is 557. The van der Waals surface area contributed by atoms with Gasteiger partial charge in [0, 0.05) is 33.9 Å². The summed E-state index contributed by atoms with van der Waals surface area (Å²) in [7, 11) is 7.48. The molecule has 0 saturated heterocycles. The van der Waals surface area contributed by atoms with Crippen molar-refractivity contribution in [3.63, 3.8) is 0 Å². The monoisotopic (exact) mass is 290 g/mol. The molecule has 0 aliphatic carbocycles. The molecule has 0 fully saturated rings. The summed E-state index contributed by atoms with van der Waals surface area (Å²) in [4.78, 5) is 16.4. The zero-order valence-corrected chi connectivity index (χ0v) is 13.4. The van der Waals surface area contributed by atoms with Crippen LogP contribution in [0.15, 0.2) is 36.6 Å². The highest BCUT2D eigenvalue weighted by molar-refractivity contribution is 6.20. The SMILES string of the molecule is CC(C)=N/N=C1/N=C(N)C(N=CN(C)C)=C1N=CN(C)C. The second-order valence-electron chi connectivity index (χ2n) is 5.08. The van der Waals surface area contributed by atoms with Gasteiger partial charge >= 0.3 is 0 Å². The zero-order valence-electron chi connectivity index (χ0n) is 13.4. The van der Waals surface area contributed by atoms with Crippen molar-refractivity contribution in [3.05, 3.63) is 11.4 Å². The average molecular weight is 290 g/mol. The highest BCUT2D eigenvalue weighted by Gasteiger charge is 2.23. The van der Waals surface area contributed by atoms with Gasteiger partial charge in [-0.25, -0.2) is 15.0 Å². The maximum atomic E-state index is 5.90. The van der Waals surface area contributed by atoms with Gasteiger partial charge in [0.15, 0.2) is 5.84 Å². The first kappa shape index (κ1) is 16.5. The van der Waals surface area contributed by atoms with E-state index in [1.807, 2.05) is 42.0 Å². The molecule has 1 rings (SSSR count). The number of hydrogen-bond donors (Lipinski definition) is 1. The largest absolute Gasteiger partial charge is 0.382 e. The third-order valence-corrected chi connectivity index (χ3v) is 2.09. The maximum Gasteiger partial charge on any atom is 0.204 e. The van der Waals surface area contributed by atoms with Gasteiger partial charge in [0.1, 0.15) is 11.4 Å². The topological polar surface area (TPSA) is 94.3 Å². The molecule has 1 heterocycles. The summed E-state index contributed by atoms with van der Waals surface area (Å²) in [5.41, 5.74) is 7.71. The Morgan fingerprint density at radius 3 is 2.00 bits per heavy atom. The number of hydrogen-bond acceptors (Lipinski definition) is 5. The Labute approximate surface area is 125 Å². The number of aliphatic imine (C=N–C) groups is 3. The number of rotatable bonds is 5. The third-order valence-electron chi connectivity index (χ3n) is 2.09. The minimum absolute atomic E-state index is 0.279. The van der Waals surface area contributed by atoms with E-state index in [0.29, 0.717) is 17.2 Å². The highest BCUT2D eigenvalue weighted by Crippen LogP contribution is 2.18. The first-order valence-corrected chi connectivity index (χ1v) is 6.40. The van der Waals surface area contributed by atoms with Crippen molar-refractivity contribution in [2.75, 3.05) is 28.2 Å². The summed E-state index contributed by atoms with van der Waals surface area (Å²) < 4.78 is 0. The van der Waals surface area contributed by atoms with Crippen molar-refractivity contribution in [1.82, 2.24) is 9.80 Å². The van der Waals surface area contributed by atoms with E-state index in [4.69, 9.17) is 5.73 Å². The minimum Gasteiger partial charge on any atom is -0.382 e. The Morgan fingerprint density at radius 2 is 1.52 bits per heavy atom. The lowest BCUT2D eigenvalue weighted by Gasteiger charge is -2.05. The van der Waals surface area contributed by atoms with E-state index in [1.54, 1.807) is 22.5 Å². The smallest absolute Gasteiger partial charge is 0.204 e. The molecule has 8 heteroatoms. The Morgan fingerprint density at radius 1 is 1.00 bits per heavy atom. The average Bonchev–Trinajstić information content (AvgIpc) is 2.67. The molecule has 114 valence electrons. The molecule has 0 aromatic heterocycles. The van der Waals surface area contributed by atoms with Crippen LogP contribution in [0.1, 0.15) is 13.8 Å². The second-order valence-corrected chi connectivity index (χ2v) is 5.08. The molecule has 0 unspecified atom stereocenters. The molecule has 0 spiro atoms. The molecule has 0 amide bonds. The van der Waals surface area contributed by atoms with Crippen LogP contribution in [0.4, 0.5) is 0 Å². The maximum absolute atomic E-state index is 5.90. The van der Waals surface area contributed by atoms with Crippen LogP contribution < -0.4 is 5.73 Å². The van der Waals surface area contributed by atoms with E-state index in [2.05, 4.69) is 25.2 Å². The van der Waals surface area contributed by atoms with Gasteiger partial charge in [-0.05, 0) is 13.8 Å². The van der Waals surface area contributed by atoms with E-state index < -0.39 is 0 Å². The summed E-state index contributed by atoms with van der Waals surface area (Å²) in [5, 5.41) is 8.08. The highest BCUT2D eigenvalue weighted by atomic mass is 15.3. The Hall–Kier alpha value is -2.51. The van der Waals surface area contributed by atoms with Crippen LogP contribution in [0.3, 0.4) is 0 Å². The van der Waals surface area contributed by atoms with Crippen molar-refractivity contribution < 1.29 is 0 Å². The molecule has 0 bridgehead atoms. The molecule has 1 aliphatic heterocycles. The number of amidine groups is 2. The van der Waals surface area contributed by atoms with E-state index >= 15 is 0 Å². The second kappa shape index (κ2) is 7.32. The summed E-state index contributed by atoms with van der Waals surface area (Å²) in [6.45, 7) is 3.70. The molecular formula is C13H22N8. The third kappa shape index (κ3) is 5.17. The fourth-order valence-corrected chi connectivity index (χ4v) is 1.26. The van der Waals surface area contributed by atoms with E-state index in [0.717, 1.165) is 5.71 Å². The summed E-state index contributed by atoms with van der Waals surface area (Å²) in [6.07, 6.45) is 3.28. The normalized spacial score (nSPS) is 17.0. The number of nitrogens with zero attached hydrogens (tertiary/aromatic N) is 7.